The summed E-state index contributed by atoms with van der Waals surface area (Å²) in [4.78, 5) is 16.8. The molecule has 0 unspecified atom stereocenters. The van der Waals surface area contributed by atoms with E-state index in [1.165, 1.54) is 12.8 Å². The molecule has 0 radical (unpaired) electrons. The highest BCUT2D eigenvalue weighted by Crippen LogP contribution is 2.30. The number of aromatic nitrogens is 1. The maximum Gasteiger partial charge on any atom is 0.270 e. The fourth-order valence-corrected chi connectivity index (χ4v) is 1.67. The first-order valence-electron chi connectivity index (χ1n) is 5.44. The third-order valence-corrected chi connectivity index (χ3v) is 2.78. The fraction of sp³-hybridized carbons (Fsp3) is 0.545. The van der Waals surface area contributed by atoms with Crippen LogP contribution in [0.5, 0.6) is 0 Å². The van der Waals surface area contributed by atoms with Crippen LogP contribution in [0, 0.1) is 5.92 Å². The summed E-state index contributed by atoms with van der Waals surface area (Å²) < 4.78 is 0. The van der Waals surface area contributed by atoms with Gasteiger partial charge in [0.2, 0.25) is 0 Å². The van der Waals surface area contributed by atoms with Gasteiger partial charge in [0, 0.05) is 25.0 Å². The molecule has 0 aromatic carbocycles. The predicted molar refractivity (Wildman–Crippen MR) is 59.5 cm³/mol. The Morgan fingerprint density at radius 1 is 1.67 bits per heavy atom. The SMILES string of the molecule is CCN(CC1CC1)C(=O)c1cc(N)c[nH]1. The second-order valence-electron chi connectivity index (χ2n) is 4.13. The number of nitrogens with zero attached hydrogens (tertiary/aromatic N) is 1. The van der Waals surface area contributed by atoms with Gasteiger partial charge in [-0.25, -0.2) is 0 Å². The summed E-state index contributed by atoms with van der Waals surface area (Å²) >= 11 is 0. The van der Waals surface area contributed by atoms with Crippen molar-refractivity contribution in [2.45, 2.75) is 19.8 Å². The first-order valence-corrected chi connectivity index (χ1v) is 5.44. The second-order valence-corrected chi connectivity index (χ2v) is 4.13. The molecule has 0 saturated heterocycles. The van der Waals surface area contributed by atoms with Crippen molar-refractivity contribution in [3.63, 3.8) is 0 Å². The molecular weight excluding hydrogens is 190 g/mol. The molecule has 4 nitrogen and oxygen atoms in total. The Labute approximate surface area is 89.5 Å². The largest absolute Gasteiger partial charge is 0.397 e. The summed E-state index contributed by atoms with van der Waals surface area (Å²) in [5.74, 6) is 0.780. The van der Waals surface area contributed by atoms with Crippen LogP contribution in [0.3, 0.4) is 0 Å². The Morgan fingerprint density at radius 2 is 2.40 bits per heavy atom. The van der Waals surface area contributed by atoms with Gasteiger partial charge in [0.05, 0.1) is 0 Å². The maximum atomic E-state index is 12.0. The number of aromatic amines is 1. The van der Waals surface area contributed by atoms with E-state index in [9.17, 15) is 4.79 Å². The van der Waals surface area contributed by atoms with Crippen LogP contribution in [0.15, 0.2) is 12.3 Å². The van der Waals surface area contributed by atoms with Gasteiger partial charge < -0.3 is 15.6 Å². The zero-order valence-corrected chi connectivity index (χ0v) is 8.99. The minimum absolute atomic E-state index is 0.0566. The van der Waals surface area contributed by atoms with Crippen LogP contribution in [0.25, 0.3) is 0 Å². The third-order valence-electron chi connectivity index (χ3n) is 2.78. The number of amides is 1. The van der Waals surface area contributed by atoms with Crippen LogP contribution in [-0.2, 0) is 0 Å². The number of anilines is 1. The molecule has 1 saturated carbocycles. The van der Waals surface area contributed by atoms with Crippen LogP contribution in [-0.4, -0.2) is 28.9 Å². The van der Waals surface area contributed by atoms with Gasteiger partial charge in [-0.3, -0.25) is 4.79 Å². The third kappa shape index (κ3) is 2.32. The molecule has 1 aromatic rings. The minimum atomic E-state index is 0.0566. The predicted octanol–water partition coefficient (Wildman–Crippen LogP) is 1.47. The van der Waals surface area contributed by atoms with Crippen LogP contribution in [0.1, 0.15) is 30.3 Å². The molecule has 0 aliphatic heterocycles. The summed E-state index contributed by atoms with van der Waals surface area (Å²) in [5, 5.41) is 0. The highest BCUT2D eigenvalue weighted by Gasteiger charge is 2.26. The average Bonchev–Trinajstić information content (AvgIpc) is 2.95. The van der Waals surface area contributed by atoms with Gasteiger partial charge in [-0.2, -0.15) is 0 Å². The van der Waals surface area contributed by atoms with E-state index in [-0.39, 0.29) is 5.91 Å². The smallest absolute Gasteiger partial charge is 0.270 e. The number of nitrogens with one attached hydrogen (secondary N) is 1. The average molecular weight is 207 g/mol. The Hall–Kier alpha value is -1.45. The monoisotopic (exact) mass is 207 g/mol. The number of carbonyl (C=O) groups is 1. The summed E-state index contributed by atoms with van der Waals surface area (Å²) in [5.41, 5.74) is 6.77. The van der Waals surface area contributed by atoms with Gasteiger partial charge in [0.1, 0.15) is 5.69 Å². The highest BCUT2D eigenvalue weighted by atomic mass is 16.2. The van der Waals surface area contributed by atoms with Crippen molar-refractivity contribution in [1.82, 2.24) is 9.88 Å². The second kappa shape index (κ2) is 3.96. The van der Waals surface area contributed by atoms with Crippen molar-refractivity contribution in [2.75, 3.05) is 18.8 Å². The molecule has 15 heavy (non-hydrogen) atoms. The van der Waals surface area contributed by atoms with E-state index in [0.717, 1.165) is 19.0 Å². The van der Waals surface area contributed by atoms with Crippen molar-refractivity contribution in [3.05, 3.63) is 18.0 Å². The number of hydrogen-bond acceptors (Lipinski definition) is 2. The first-order chi connectivity index (χ1) is 7.20. The maximum absolute atomic E-state index is 12.0. The Bertz CT molecular complexity index is 354. The van der Waals surface area contributed by atoms with E-state index in [1.807, 2.05) is 11.8 Å². The fourth-order valence-electron chi connectivity index (χ4n) is 1.67. The van der Waals surface area contributed by atoms with E-state index >= 15 is 0 Å². The van der Waals surface area contributed by atoms with Gasteiger partial charge in [-0.05, 0) is 31.7 Å². The number of H-pyrrole nitrogens is 1. The highest BCUT2D eigenvalue weighted by molar-refractivity contribution is 5.93. The molecule has 1 aliphatic rings. The lowest BCUT2D eigenvalue weighted by molar-refractivity contribution is 0.0752. The number of hydrogen-bond donors (Lipinski definition) is 2. The number of nitrogens with two attached hydrogens (primary N) is 1. The van der Waals surface area contributed by atoms with Gasteiger partial charge in [-0.1, -0.05) is 0 Å². The molecular formula is C11H17N3O. The van der Waals surface area contributed by atoms with Crippen LogP contribution >= 0.6 is 0 Å². The molecule has 2 rings (SSSR count). The minimum Gasteiger partial charge on any atom is -0.397 e. The normalized spacial score (nSPS) is 15.3. The van der Waals surface area contributed by atoms with Gasteiger partial charge in [-0.15, -0.1) is 0 Å². The van der Waals surface area contributed by atoms with Crippen LogP contribution in [0.2, 0.25) is 0 Å². The molecule has 82 valence electrons. The van der Waals surface area contributed by atoms with Crippen molar-refractivity contribution in [1.29, 1.82) is 0 Å². The standard InChI is InChI=1S/C11H17N3O/c1-2-14(7-8-3-4-8)11(15)10-5-9(12)6-13-10/h5-6,8,13H,2-4,7,12H2,1H3. The van der Waals surface area contributed by atoms with E-state index in [4.69, 9.17) is 5.73 Å². The Kier molecular flexibility index (Phi) is 2.66. The van der Waals surface area contributed by atoms with Gasteiger partial charge in [0.25, 0.3) is 5.91 Å². The van der Waals surface area contributed by atoms with Crippen molar-refractivity contribution < 1.29 is 4.79 Å². The molecule has 1 aromatic heterocycles. The molecule has 1 aliphatic carbocycles. The quantitative estimate of drug-likeness (QED) is 0.785. The molecule has 1 heterocycles. The zero-order valence-electron chi connectivity index (χ0n) is 8.99. The summed E-state index contributed by atoms with van der Waals surface area (Å²) in [6.45, 7) is 3.65. The molecule has 0 spiro atoms. The lowest BCUT2D eigenvalue weighted by Crippen LogP contribution is -2.32. The number of carbonyl (C=O) groups excluding carboxylic acids is 1. The summed E-state index contributed by atoms with van der Waals surface area (Å²) in [6, 6.07) is 1.69. The number of rotatable bonds is 4. The van der Waals surface area contributed by atoms with E-state index in [1.54, 1.807) is 12.3 Å². The van der Waals surface area contributed by atoms with Crippen molar-refractivity contribution in [2.24, 2.45) is 5.92 Å². The molecule has 0 atom stereocenters. The van der Waals surface area contributed by atoms with Crippen molar-refractivity contribution in [3.8, 4) is 0 Å². The molecule has 3 N–H and O–H groups in total. The lowest BCUT2D eigenvalue weighted by Gasteiger charge is -2.19. The molecule has 0 bridgehead atoms. The molecule has 4 heteroatoms. The Balaban J connectivity index is 2.03. The lowest BCUT2D eigenvalue weighted by atomic mass is 10.3. The van der Waals surface area contributed by atoms with E-state index in [0.29, 0.717) is 11.4 Å². The van der Waals surface area contributed by atoms with Gasteiger partial charge in [0.15, 0.2) is 0 Å². The first kappa shape index (κ1) is 10.1. The van der Waals surface area contributed by atoms with Gasteiger partial charge >= 0.3 is 0 Å². The zero-order chi connectivity index (χ0) is 10.8. The number of nitrogen functional groups attached to an aromatic ring is 1. The topological polar surface area (TPSA) is 62.1 Å². The van der Waals surface area contributed by atoms with Crippen molar-refractivity contribution >= 4 is 11.6 Å². The van der Waals surface area contributed by atoms with Crippen LogP contribution in [0.4, 0.5) is 5.69 Å². The molecule has 1 fully saturated rings. The Morgan fingerprint density at radius 3 is 2.87 bits per heavy atom. The van der Waals surface area contributed by atoms with E-state index in [2.05, 4.69) is 4.98 Å². The summed E-state index contributed by atoms with van der Waals surface area (Å²) in [7, 11) is 0. The summed E-state index contributed by atoms with van der Waals surface area (Å²) in [6.07, 6.45) is 4.17. The van der Waals surface area contributed by atoms with Crippen LogP contribution < -0.4 is 5.73 Å². The molecule has 1 amide bonds. The van der Waals surface area contributed by atoms with E-state index < -0.39 is 0 Å².